The van der Waals surface area contributed by atoms with Crippen molar-refractivity contribution in [2.45, 2.75) is 26.9 Å². The van der Waals surface area contributed by atoms with E-state index >= 15 is 0 Å². The van der Waals surface area contributed by atoms with Crippen molar-refractivity contribution in [3.63, 3.8) is 0 Å². The number of alkyl halides is 2. The highest BCUT2D eigenvalue weighted by Gasteiger charge is 2.13. The van der Waals surface area contributed by atoms with Crippen molar-refractivity contribution in [1.82, 2.24) is 4.90 Å². The molecule has 1 aromatic carbocycles. The third-order valence-electron chi connectivity index (χ3n) is 3.05. The Balaban J connectivity index is 2.65. The highest BCUT2D eigenvalue weighted by atomic mass is 19.3. The molecule has 7 heteroatoms. The lowest BCUT2D eigenvalue weighted by molar-refractivity contribution is -0.0521. The van der Waals surface area contributed by atoms with Crippen LogP contribution in [-0.2, 0) is 0 Å². The Labute approximate surface area is 123 Å². The van der Waals surface area contributed by atoms with E-state index in [0.717, 1.165) is 38.2 Å². The molecule has 0 bridgehead atoms. The normalized spacial score (nSPS) is 11.2. The zero-order chi connectivity index (χ0) is 15.8. The van der Waals surface area contributed by atoms with E-state index in [4.69, 9.17) is 5.73 Å². The Morgan fingerprint density at radius 2 is 2.00 bits per heavy atom. The molecule has 0 saturated carbocycles. The topological polar surface area (TPSA) is 50.5 Å². The molecule has 4 nitrogen and oxygen atoms in total. The van der Waals surface area contributed by atoms with Crippen molar-refractivity contribution in [3.05, 3.63) is 17.9 Å². The van der Waals surface area contributed by atoms with Crippen LogP contribution >= 0.6 is 0 Å². The fourth-order valence-corrected chi connectivity index (χ4v) is 2.00. The van der Waals surface area contributed by atoms with Crippen molar-refractivity contribution in [1.29, 1.82) is 0 Å². The largest absolute Gasteiger partial charge is 0.432 e. The van der Waals surface area contributed by atoms with Crippen LogP contribution in [0.1, 0.15) is 20.3 Å². The zero-order valence-corrected chi connectivity index (χ0v) is 12.3. The van der Waals surface area contributed by atoms with Crippen LogP contribution in [0.25, 0.3) is 0 Å². The molecule has 1 rings (SSSR count). The number of nitrogens with one attached hydrogen (secondary N) is 1. The molecule has 0 radical (unpaired) electrons. The molecule has 1 aromatic rings. The lowest BCUT2D eigenvalue weighted by Gasteiger charge is -2.20. The minimum atomic E-state index is -3.07. The van der Waals surface area contributed by atoms with Gasteiger partial charge in [0.15, 0.2) is 11.6 Å². The first-order chi connectivity index (χ1) is 9.97. The van der Waals surface area contributed by atoms with Gasteiger partial charge in [0.1, 0.15) is 0 Å². The van der Waals surface area contributed by atoms with E-state index in [1.54, 1.807) is 0 Å². The van der Waals surface area contributed by atoms with Crippen LogP contribution in [-0.4, -0.2) is 37.7 Å². The predicted octanol–water partition coefficient (Wildman–Crippen LogP) is 3.15. The summed E-state index contributed by atoms with van der Waals surface area (Å²) < 4.78 is 41.9. The van der Waals surface area contributed by atoms with Gasteiger partial charge >= 0.3 is 6.61 Å². The molecule has 0 aliphatic carbocycles. The summed E-state index contributed by atoms with van der Waals surface area (Å²) in [5.74, 6) is -1.41. The lowest BCUT2D eigenvalue weighted by Crippen LogP contribution is -2.29. The molecule has 0 amide bonds. The number of hydrogen-bond donors (Lipinski definition) is 2. The Bertz CT molecular complexity index is 444. The van der Waals surface area contributed by atoms with Gasteiger partial charge in [-0.2, -0.15) is 8.78 Å². The molecule has 0 heterocycles. The summed E-state index contributed by atoms with van der Waals surface area (Å²) >= 11 is 0. The SMILES string of the molecule is CCCN(CC)CCNc1cc(OC(F)F)c(F)cc1N. The van der Waals surface area contributed by atoms with E-state index in [9.17, 15) is 13.2 Å². The third kappa shape index (κ3) is 5.71. The standard InChI is InChI=1S/C14H22F3N3O/c1-3-6-20(4-2)7-5-19-12-9-13(21-14(16)17)10(15)8-11(12)18/h8-9,14,19H,3-7,18H2,1-2H3. The number of ether oxygens (including phenoxy) is 1. The maximum absolute atomic E-state index is 13.4. The van der Waals surface area contributed by atoms with Crippen LogP contribution in [0.4, 0.5) is 24.5 Å². The minimum Gasteiger partial charge on any atom is -0.432 e. The quantitative estimate of drug-likeness (QED) is 0.688. The van der Waals surface area contributed by atoms with Crippen LogP contribution in [0.15, 0.2) is 12.1 Å². The van der Waals surface area contributed by atoms with Crippen molar-refractivity contribution in [2.24, 2.45) is 0 Å². The maximum Gasteiger partial charge on any atom is 0.387 e. The van der Waals surface area contributed by atoms with Crippen LogP contribution in [0, 0.1) is 5.82 Å². The van der Waals surface area contributed by atoms with Gasteiger partial charge in [0, 0.05) is 25.2 Å². The predicted molar refractivity (Wildman–Crippen MR) is 78.3 cm³/mol. The summed E-state index contributed by atoms with van der Waals surface area (Å²) in [4.78, 5) is 2.24. The van der Waals surface area contributed by atoms with Gasteiger partial charge in [0.25, 0.3) is 0 Å². The second kappa shape index (κ2) is 8.61. The van der Waals surface area contributed by atoms with Crippen LogP contribution in [0.3, 0.4) is 0 Å². The van der Waals surface area contributed by atoms with E-state index in [-0.39, 0.29) is 5.69 Å². The monoisotopic (exact) mass is 305 g/mol. The summed E-state index contributed by atoms with van der Waals surface area (Å²) in [5, 5.41) is 3.02. The molecule has 0 saturated heterocycles. The molecule has 21 heavy (non-hydrogen) atoms. The van der Waals surface area contributed by atoms with E-state index in [0.29, 0.717) is 12.2 Å². The lowest BCUT2D eigenvalue weighted by atomic mass is 10.2. The molecule has 0 aliphatic rings. The van der Waals surface area contributed by atoms with Gasteiger partial charge in [-0.15, -0.1) is 0 Å². The average Bonchev–Trinajstić information content (AvgIpc) is 2.42. The number of rotatable bonds is 9. The Morgan fingerprint density at radius 1 is 1.29 bits per heavy atom. The van der Waals surface area contributed by atoms with Crippen molar-refractivity contribution in [2.75, 3.05) is 37.2 Å². The summed E-state index contributed by atoms with van der Waals surface area (Å²) in [6, 6.07) is 2.14. The van der Waals surface area contributed by atoms with Crippen molar-refractivity contribution >= 4 is 11.4 Å². The smallest absolute Gasteiger partial charge is 0.387 e. The molecule has 0 fully saturated rings. The number of nitrogen functional groups attached to an aromatic ring is 1. The molecule has 3 N–H and O–H groups in total. The molecule has 120 valence electrons. The second-order valence-corrected chi connectivity index (χ2v) is 4.61. The maximum atomic E-state index is 13.4. The number of likely N-dealkylation sites (N-methyl/N-ethyl adjacent to an activating group) is 1. The number of hydrogen-bond acceptors (Lipinski definition) is 4. The van der Waals surface area contributed by atoms with Gasteiger partial charge in [-0.05, 0) is 19.5 Å². The number of nitrogens with zero attached hydrogens (tertiary/aromatic N) is 1. The van der Waals surface area contributed by atoms with Crippen molar-refractivity contribution < 1.29 is 17.9 Å². The third-order valence-corrected chi connectivity index (χ3v) is 3.05. The van der Waals surface area contributed by atoms with Gasteiger partial charge in [0.05, 0.1) is 11.4 Å². The number of benzene rings is 1. The molecular weight excluding hydrogens is 283 g/mol. The summed E-state index contributed by atoms with van der Waals surface area (Å²) in [7, 11) is 0. The minimum absolute atomic E-state index is 0.160. The first-order valence-electron chi connectivity index (χ1n) is 6.98. The number of nitrogens with two attached hydrogens (primary N) is 1. The van der Waals surface area contributed by atoms with E-state index < -0.39 is 18.2 Å². The number of halogens is 3. The highest BCUT2D eigenvalue weighted by Crippen LogP contribution is 2.29. The fraction of sp³-hybridized carbons (Fsp3) is 0.571. The molecule has 0 aromatic heterocycles. The molecule has 0 spiro atoms. The van der Waals surface area contributed by atoms with Gasteiger partial charge in [-0.3, -0.25) is 0 Å². The zero-order valence-electron chi connectivity index (χ0n) is 12.3. The molecule has 0 atom stereocenters. The molecule has 0 aliphatic heterocycles. The number of anilines is 2. The van der Waals surface area contributed by atoms with Crippen LogP contribution in [0.2, 0.25) is 0 Å². The van der Waals surface area contributed by atoms with Crippen LogP contribution in [0.5, 0.6) is 5.75 Å². The molecular formula is C14H22F3N3O. The van der Waals surface area contributed by atoms with Crippen LogP contribution < -0.4 is 15.8 Å². The second-order valence-electron chi connectivity index (χ2n) is 4.61. The first kappa shape index (κ1) is 17.4. The van der Waals surface area contributed by atoms with Gasteiger partial charge in [0.2, 0.25) is 0 Å². The average molecular weight is 305 g/mol. The van der Waals surface area contributed by atoms with E-state index in [2.05, 4.69) is 28.8 Å². The summed E-state index contributed by atoms with van der Waals surface area (Å²) in [6.07, 6.45) is 1.05. The van der Waals surface area contributed by atoms with Gasteiger partial charge in [-0.1, -0.05) is 13.8 Å². The molecule has 0 unspecified atom stereocenters. The Hall–Kier alpha value is -1.63. The Kier molecular flexibility index (Phi) is 7.14. The van der Waals surface area contributed by atoms with Gasteiger partial charge in [-0.25, -0.2) is 4.39 Å². The van der Waals surface area contributed by atoms with E-state index in [1.165, 1.54) is 0 Å². The first-order valence-corrected chi connectivity index (χ1v) is 6.98. The summed E-state index contributed by atoms with van der Waals surface area (Å²) in [5.41, 5.74) is 6.22. The Morgan fingerprint density at radius 3 is 2.57 bits per heavy atom. The van der Waals surface area contributed by atoms with Crippen molar-refractivity contribution in [3.8, 4) is 5.75 Å². The van der Waals surface area contributed by atoms with Gasteiger partial charge < -0.3 is 20.7 Å². The highest BCUT2D eigenvalue weighted by molar-refractivity contribution is 5.68. The summed E-state index contributed by atoms with van der Waals surface area (Å²) in [6.45, 7) is 4.36. The fourth-order valence-electron chi connectivity index (χ4n) is 2.00. The van der Waals surface area contributed by atoms with E-state index in [1.807, 2.05) is 0 Å².